The van der Waals surface area contributed by atoms with Crippen LogP contribution in [0.4, 0.5) is 0 Å². The highest BCUT2D eigenvalue weighted by atomic mass is 16.2. The maximum Gasteiger partial charge on any atom is 0.267 e. The minimum absolute atomic E-state index is 0.0672. The number of nitrogens with zero attached hydrogens (tertiary/aromatic N) is 2. The Hall–Kier alpha value is -1.91. The van der Waals surface area contributed by atoms with Gasteiger partial charge in [0.2, 0.25) is 5.91 Å². The quantitative estimate of drug-likeness (QED) is 0.826. The zero-order valence-electron chi connectivity index (χ0n) is 11.5. The third kappa shape index (κ3) is 2.66. The van der Waals surface area contributed by atoms with Gasteiger partial charge in [0.1, 0.15) is 0 Å². The highest BCUT2D eigenvalue weighted by Gasteiger charge is 2.19. The number of hydrogen-bond donors (Lipinski definition) is 1. The molecule has 1 heterocycles. The molecule has 0 bridgehead atoms. The molecule has 0 aromatic carbocycles. The Bertz CT molecular complexity index is 596. The van der Waals surface area contributed by atoms with Gasteiger partial charge < -0.3 is 5.32 Å². The number of aromatic nitrogens is 2. The van der Waals surface area contributed by atoms with Gasteiger partial charge in [-0.15, -0.1) is 0 Å². The zero-order valence-corrected chi connectivity index (χ0v) is 11.5. The maximum atomic E-state index is 11.9. The average molecular weight is 273 g/mol. The van der Waals surface area contributed by atoms with Crippen LogP contribution in [0.2, 0.25) is 0 Å². The van der Waals surface area contributed by atoms with Gasteiger partial charge in [-0.2, -0.15) is 5.10 Å². The van der Waals surface area contributed by atoms with Crippen LogP contribution in [0.3, 0.4) is 0 Å². The maximum absolute atomic E-state index is 11.9. The molecule has 0 saturated carbocycles. The lowest BCUT2D eigenvalue weighted by Crippen LogP contribution is -2.35. The van der Waals surface area contributed by atoms with Gasteiger partial charge in [-0.3, -0.25) is 9.59 Å². The van der Waals surface area contributed by atoms with Crippen molar-refractivity contribution in [1.82, 2.24) is 15.1 Å². The SMILES string of the molecule is O=C(NCCn1nc2c(cc1=O)CCC2)C1CC=CC1. The molecule has 0 unspecified atom stereocenters. The first-order chi connectivity index (χ1) is 9.74. The second-order valence-corrected chi connectivity index (χ2v) is 5.46. The fourth-order valence-corrected chi connectivity index (χ4v) is 2.86. The van der Waals surface area contributed by atoms with Gasteiger partial charge in [-0.05, 0) is 37.7 Å². The van der Waals surface area contributed by atoms with Crippen LogP contribution in [-0.4, -0.2) is 22.2 Å². The van der Waals surface area contributed by atoms with E-state index >= 15 is 0 Å². The smallest absolute Gasteiger partial charge is 0.267 e. The Balaban J connectivity index is 1.56. The van der Waals surface area contributed by atoms with Gasteiger partial charge in [0.15, 0.2) is 0 Å². The largest absolute Gasteiger partial charge is 0.354 e. The van der Waals surface area contributed by atoms with Gasteiger partial charge >= 0.3 is 0 Å². The Labute approximate surface area is 117 Å². The molecule has 0 fully saturated rings. The molecule has 1 N–H and O–H groups in total. The molecule has 1 amide bonds. The van der Waals surface area contributed by atoms with Crippen molar-refractivity contribution in [3.05, 3.63) is 39.8 Å². The first kappa shape index (κ1) is 13.1. The predicted octanol–water partition coefficient (Wildman–Crippen LogP) is 0.814. The first-order valence-corrected chi connectivity index (χ1v) is 7.26. The third-order valence-corrected chi connectivity index (χ3v) is 4.03. The third-order valence-electron chi connectivity index (χ3n) is 4.03. The summed E-state index contributed by atoms with van der Waals surface area (Å²) in [5.41, 5.74) is 2.06. The van der Waals surface area contributed by atoms with Crippen LogP contribution in [0.15, 0.2) is 23.0 Å². The van der Waals surface area contributed by atoms with Crippen molar-refractivity contribution in [2.75, 3.05) is 6.54 Å². The molecule has 1 aromatic heterocycles. The summed E-state index contributed by atoms with van der Waals surface area (Å²) in [7, 11) is 0. The highest BCUT2D eigenvalue weighted by Crippen LogP contribution is 2.18. The Morgan fingerprint density at radius 1 is 1.35 bits per heavy atom. The van der Waals surface area contributed by atoms with Crippen molar-refractivity contribution in [2.45, 2.75) is 38.6 Å². The molecule has 0 atom stereocenters. The van der Waals surface area contributed by atoms with Gasteiger partial charge in [0.05, 0.1) is 12.2 Å². The molecule has 3 rings (SSSR count). The number of carbonyl (C=O) groups excluding carboxylic acids is 1. The van der Waals surface area contributed by atoms with Crippen molar-refractivity contribution < 1.29 is 4.79 Å². The second kappa shape index (κ2) is 5.61. The minimum Gasteiger partial charge on any atom is -0.354 e. The van der Waals surface area contributed by atoms with Crippen molar-refractivity contribution >= 4 is 5.91 Å². The topological polar surface area (TPSA) is 64.0 Å². The van der Waals surface area contributed by atoms with Crippen molar-refractivity contribution in [3.63, 3.8) is 0 Å². The van der Waals surface area contributed by atoms with Crippen LogP contribution in [0.5, 0.6) is 0 Å². The summed E-state index contributed by atoms with van der Waals surface area (Å²) in [6, 6.07) is 1.69. The first-order valence-electron chi connectivity index (χ1n) is 7.26. The summed E-state index contributed by atoms with van der Waals surface area (Å²) in [5.74, 6) is 0.143. The Morgan fingerprint density at radius 2 is 2.15 bits per heavy atom. The molecule has 0 spiro atoms. The number of fused-ring (bicyclic) bond motifs is 1. The monoisotopic (exact) mass is 273 g/mol. The van der Waals surface area contributed by atoms with E-state index in [4.69, 9.17) is 0 Å². The molecule has 2 aliphatic carbocycles. The number of nitrogens with one attached hydrogen (secondary N) is 1. The summed E-state index contributed by atoms with van der Waals surface area (Å²) < 4.78 is 1.47. The lowest BCUT2D eigenvalue weighted by molar-refractivity contribution is -0.124. The van der Waals surface area contributed by atoms with E-state index in [-0.39, 0.29) is 17.4 Å². The van der Waals surface area contributed by atoms with Crippen LogP contribution >= 0.6 is 0 Å². The average Bonchev–Trinajstić information content (AvgIpc) is 3.08. The molecule has 0 aliphatic heterocycles. The van der Waals surface area contributed by atoms with E-state index in [2.05, 4.69) is 10.4 Å². The number of amides is 1. The van der Waals surface area contributed by atoms with Gasteiger partial charge in [0.25, 0.3) is 5.56 Å². The van der Waals surface area contributed by atoms with Crippen molar-refractivity contribution in [3.8, 4) is 0 Å². The number of aryl methyl sites for hydroxylation is 2. The van der Waals surface area contributed by atoms with Gasteiger partial charge in [-0.25, -0.2) is 4.68 Å². The number of allylic oxidation sites excluding steroid dienone is 2. The van der Waals surface area contributed by atoms with E-state index in [1.165, 1.54) is 4.68 Å². The summed E-state index contributed by atoms with van der Waals surface area (Å²) in [4.78, 5) is 23.7. The highest BCUT2D eigenvalue weighted by molar-refractivity contribution is 5.79. The lowest BCUT2D eigenvalue weighted by Gasteiger charge is -2.11. The predicted molar refractivity (Wildman–Crippen MR) is 75.4 cm³/mol. The van der Waals surface area contributed by atoms with Crippen LogP contribution in [-0.2, 0) is 24.2 Å². The van der Waals surface area contributed by atoms with E-state index in [1.54, 1.807) is 6.07 Å². The van der Waals surface area contributed by atoms with E-state index in [9.17, 15) is 9.59 Å². The summed E-state index contributed by atoms with van der Waals surface area (Å²) in [6.45, 7) is 0.902. The van der Waals surface area contributed by atoms with Crippen LogP contribution in [0.1, 0.15) is 30.5 Å². The standard InChI is InChI=1S/C15H19N3O2/c19-14-10-12-6-3-7-13(12)17-18(14)9-8-16-15(20)11-4-1-2-5-11/h1-2,10-11H,3-9H2,(H,16,20). The molecular formula is C15H19N3O2. The fourth-order valence-electron chi connectivity index (χ4n) is 2.86. The molecule has 5 nitrogen and oxygen atoms in total. The molecule has 106 valence electrons. The number of hydrogen-bond acceptors (Lipinski definition) is 3. The van der Waals surface area contributed by atoms with Crippen molar-refractivity contribution in [1.29, 1.82) is 0 Å². The van der Waals surface area contributed by atoms with E-state index in [1.807, 2.05) is 12.2 Å². The van der Waals surface area contributed by atoms with E-state index in [0.29, 0.717) is 13.1 Å². The Kier molecular flexibility index (Phi) is 3.67. The molecule has 5 heteroatoms. The van der Waals surface area contributed by atoms with Crippen LogP contribution < -0.4 is 10.9 Å². The summed E-state index contributed by atoms with van der Waals surface area (Å²) >= 11 is 0. The fraction of sp³-hybridized carbons (Fsp3) is 0.533. The normalized spacial score (nSPS) is 17.4. The van der Waals surface area contributed by atoms with Crippen molar-refractivity contribution in [2.24, 2.45) is 5.92 Å². The van der Waals surface area contributed by atoms with E-state index < -0.39 is 0 Å². The summed E-state index contributed by atoms with van der Waals surface area (Å²) in [6.07, 6.45) is 8.72. The molecular weight excluding hydrogens is 254 g/mol. The summed E-state index contributed by atoms with van der Waals surface area (Å²) in [5, 5.41) is 7.28. The second-order valence-electron chi connectivity index (χ2n) is 5.46. The lowest BCUT2D eigenvalue weighted by atomic mass is 10.1. The molecule has 0 saturated heterocycles. The minimum atomic E-state index is -0.0672. The number of rotatable bonds is 4. The molecule has 1 aromatic rings. The van der Waals surface area contributed by atoms with Crippen LogP contribution in [0.25, 0.3) is 0 Å². The number of carbonyl (C=O) groups is 1. The molecule has 20 heavy (non-hydrogen) atoms. The molecule has 2 aliphatic rings. The van der Waals surface area contributed by atoms with Gasteiger partial charge in [-0.1, -0.05) is 12.2 Å². The van der Waals surface area contributed by atoms with Gasteiger partial charge in [0, 0.05) is 18.5 Å². The van der Waals surface area contributed by atoms with Crippen LogP contribution in [0, 0.1) is 5.92 Å². The molecule has 0 radical (unpaired) electrons. The zero-order chi connectivity index (χ0) is 13.9. The Morgan fingerprint density at radius 3 is 2.95 bits per heavy atom. The van der Waals surface area contributed by atoms with E-state index in [0.717, 1.165) is 43.4 Å².